The van der Waals surface area contributed by atoms with Crippen LogP contribution in [-0.4, -0.2) is 5.84 Å². The third-order valence-electron chi connectivity index (χ3n) is 2.82. The summed E-state index contributed by atoms with van der Waals surface area (Å²) in [5.74, 6) is 5.54. The molecule has 0 aliphatic heterocycles. The second-order valence-corrected chi connectivity index (χ2v) is 5.08. The van der Waals surface area contributed by atoms with E-state index in [0.29, 0.717) is 5.84 Å². The molecule has 0 fully saturated rings. The summed E-state index contributed by atoms with van der Waals surface area (Å²) in [4.78, 5) is -0.528. The van der Waals surface area contributed by atoms with Crippen LogP contribution < -0.4 is 11.6 Å². The maximum Gasteiger partial charge on any atom is 0.150 e. The van der Waals surface area contributed by atoms with E-state index in [2.05, 4.69) is 5.10 Å². The zero-order valence-electron chi connectivity index (χ0n) is 10.1. The van der Waals surface area contributed by atoms with Crippen LogP contribution in [0.2, 0.25) is 0 Å². The Labute approximate surface area is 121 Å². The van der Waals surface area contributed by atoms with Gasteiger partial charge in [-0.3, -0.25) is 0 Å². The highest BCUT2D eigenvalue weighted by atomic mass is 35.5. The minimum absolute atomic E-state index is 0.298. The van der Waals surface area contributed by atoms with Crippen molar-refractivity contribution in [3.63, 3.8) is 0 Å². The minimum atomic E-state index is -0.528. The molecule has 0 spiro atoms. The molecule has 0 aromatic heterocycles. The lowest BCUT2D eigenvalue weighted by Crippen LogP contribution is -2.16. The number of rotatable bonds is 3. The van der Waals surface area contributed by atoms with E-state index in [1.807, 2.05) is 48.5 Å². The third kappa shape index (κ3) is 3.00. The Balaban J connectivity index is 2.47. The van der Waals surface area contributed by atoms with Crippen molar-refractivity contribution < 1.29 is 0 Å². The maximum absolute atomic E-state index is 5.82. The Bertz CT molecular complexity index is 592. The van der Waals surface area contributed by atoms with Crippen LogP contribution in [0.4, 0.5) is 0 Å². The molecule has 0 saturated heterocycles. The van der Waals surface area contributed by atoms with Crippen molar-refractivity contribution >= 4 is 29.0 Å². The molecule has 0 heterocycles. The molecule has 2 aromatic rings. The summed E-state index contributed by atoms with van der Waals surface area (Å²) in [6.45, 7) is 0. The highest BCUT2D eigenvalue weighted by Crippen LogP contribution is 2.28. The van der Waals surface area contributed by atoms with Crippen LogP contribution in [-0.2, 0) is 0 Å². The lowest BCUT2D eigenvalue weighted by molar-refractivity contribution is 1.23. The first-order chi connectivity index (χ1) is 9.13. The number of nitrogens with zero attached hydrogens (tertiary/aromatic N) is 1. The Morgan fingerprint density at radius 3 is 2.21 bits per heavy atom. The smallest absolute Gasteiger partial charge is 0.150 e. The monoisotopic (exact) mass is 293 g/mol. The van der Waals surface area contributed by atoms with Gasteiger partial charge in [-0.25, -0.2) is 0 Å². The highest BCUT2D eigenvalue weighted by molar-refractivity contribution is 6.44. The van der Waals surface area contributed by atoms with Crippen LogP contribution in [0.25, 0.3) is 11.1 Å². The SMILES string of the molecule is NN=C(N)c1ccccc1-c1ccc(C(Cl)Cl)cc1. The number of halogens is 2. The zero-order chi connectivity index (χ0) is 13.8. The van der Waals surface area contributed by atoms with Gasteiger partial charge in [0.1, 0.15) is 4.84 Å². The summed E-state index contributed by atoms with van der Waals surface area (Å²) in [7, 11) is 0. The van der Waals surface area contributed by atoms with Crippen LogP contribution in [0.15, 0.2) is 53.6 Å². The van der Waals surface area contributed by atoms with E-state index in [4.69, 9.17) is 34.8 Å². The van der Waals surface area contributed by atoms with E-state index < -0.39 is 4.84 Å². The summed E-state index contributed by atoms with van der Waals surface area (Å²) in [6.07, 6.45) is 0. The molecule has 2 rings (SSSR count). The van der Waals surface area contributed by atoms with Crippen LogP contribution in [0.3, 0.4) is 0 Å². The lowest BCUT2D eigenvalue weighted by atomic mass is 9.98. The third-order valence-corrected chi connectivity index (χ3v) is 3.32. The van der Waals surface area contributed by atoms with Crippen molar-refractivity contribution in [1.82, 2.24) is 0 Å². The van der Waals surface area contributed by atoms with Gasteiger partial charge in [-0.15, -0.1) is 23.2 Å². The second-order valence-electron chi connectivity index (χ2n) is 3.98. The van der Waals surface area contributed by atoms with Gasteiger partial charge in [-0.2, -0.15) is 5.10 Å². The van der Waals surface area contributed by atoms with Gasteiger partial charge in [0.05, 0.1) is 0 Å². The van der Waals surface area contributed by atoms with E-state index in [1.54, 1.807) is 0 Å². The van der Waals surface area contributed by atoms with Gasteiger partial charge < -0.3 is 11.6 Å². The Morgan fingerprint density at radius 2 is 1.63 bits per heavy atom. The largest absolute Gasteiger partial charge is 0.382 e. The molecule has 0 atom stereocenters. The fourth-order valence-corrected chi connectivity index (χ4v) is 2.13. The number of hydrogen-bond donors (Lipinski definition) is 2. The van der Waals surface area contributed by atoms with Crippen LogP contribution in [0.1, 0.15) is 16.0 Å². The summed E-state index contributed by atoms with van der Waals surface area (Å²) >= 11 is 11.6. The quantitative estimate of drug-likeness (QED) is 0.299. The molecule has 4 N–H and O–H groups in total. The fourth-order valence-electron chi connectivity index (χ4n) is 1.84. The first-order valence-corrected chi connectivity index (χ1v) is 6.52. The number of hydrazone groups is 1. The summed E-state index contributed by atoms with van der Waals surface area (Å²) < 4.78 is 0. The lowest BCUT2D eigenvalue weighted by Gasteiger charge is -2.09. The van der Waals surface area contributed by atoms with Crippen LogP contribution in [0.5, 0.6) is 0 Å². The minimum Gasteiger partial charge on any atom is -0.382 e. The average Bonchev–Trinajstić information content (AvgIpc) is 2.46. The standard InChI is InChI=1S/C14H13Cl2N3/c15-13(16)10-7-5-9(6-8-10)11-3-1-2-4-12(11)14(17)19-18/h1-8,13H,18H2,(H2,17,19). The number of nitrogens with two attached hydrogens (primary N) is 2. The number of amidine groups is 1. The Morgan fingerprint density at radius 1 is 1.00 bits per heavy atom. The topological polar surface area (TPSA) is 64.4 Å². The molecule has 3 nitrogen and oxygen atoms in total. The molecule has 5 heteroatoms. The highest BCUT2D eigenvalue weighted by Gasteiger charge is 2.09. The van der Waals surface area contributed by atoms with E-state index in [-0.39, 0.29) is 0 Å². The summed E-state index contributed by atoms with van der Waals surface area (Å²) in [5.41, 5.74) is 9.40. The van der Waals surface area contributed by atoms with Gasteiger partial charge in [0.15, 0.2) is 5.84 Å². The van der Waals surface area contributed by atoms with E-state index in [9.17, 15) is 0 Å². The van der Waals surface area contributed by atoms with Crippen LogP contribution in [0, 0.1) is 0 Å². The van der Waals surface area contributed by atoms with E-state index in [1.165, 1.54) is 0 Å². The normalized spacial score (nSPS) is 11.8. The van der Waals surface area contributed by atoms with Gasteiger partial charge in [0.25, 0.3) is 0 Å². The molecular weight excluding hydrogens is 281 g/mol. The predicted molar refractivity (Wildman–Crippen MR) is 81.2 cm³/mol. The molecule has 0 bridgehead atoms. The molecule has 0 aliphatic rings. The maximum atomic E-state index is 5.82. The Kier molecular flexibility index (Phi) is 4.30. The average molecular weight is 294 g/mol. The molecule has 0 aliphatic carbocycles. The van der Waals surface area contributed by atoms with Crippen molar-refractivity contribution in [3.8, 4) is 11.1 Å². The van der Waals surface area contributed by atoms with Crippen LogP contribution >= 0.6 is 23.2 Å². The first kappa shape index (κ1) is 13.7. The van der Waals surface area contributed by atoms with Gasteiger partial charge in [-0.1, -0.05) is 48.5 Å². The molecule has 0 unspecified atom stereocenters. The molecule has 98 valence electrons. The summed E-state index contributed by atoms with van der Waals surface area (Å²) in [5, 5.41) is 3.54. The molecule has 0 amide bonds. The molecular formula is C14H13Cl2N3. The van der Waals surface area contributed by atoms with E-state index in [0.717, 1.165) is 22.3 Å². The number of hydrogen-bond acceptors (Lipinski definition) is 2. The van der Waals surface area contributed by atoms with Crippen molar-refractivity contribution in [3.05, 3.63) is 59.7 Å². The second kappa shape index (κ2) is 5.95. The van der Waals surface area contributed by atoms with Crippen molar-refractivity contribution in [2.45, 2.75) is 4.84 Å². The van der Waals surface area contributed by atoms with Gasteiger partial charge in [0.2, 0.25) is 0 Å². The number of benzene rings is 2. The van der Waals surface area contributed by atoms with E-state index >= 15 is 0 Å². The first-order valence-electron chi connectivity index (χ1n) is 5.64. The number of alkyl halides is 2. The molecule has 2 aromatic carbocycles. The Hall–Kier alpha value is -1.71. The predicted octanol–water partition coefficient (Wildman–Crippen LogP) is 3.41. The van der Waals surface area contributed by atoms with Gasteiger partial charge in [0, 0.05) is 5.56 Å². The van der Waals surface area contributed by atoms with Crippen molar-refractivity contribution in [1.29, 1.82) is 0 Å². The van der Waals surface area contributed by atoms with Crippen molar-refractivity contribution in [2.24, 2.45) is 16.7 Å². The molecule has 19 heavy (non-hydrogen) atoms. The van der Waals surface area contributed by atoms with Gasteiger partial charge in [-0.05, 0) is 16.7 Å². The fraction of sp³-hybridized carbons (Fsp3) is 0.0714. The summed E-state index contributed by atoms with van der Waals surface area (Å²) in [6, 6.07) is 15.3. The molecule has 0 saturated carbocycles. The molecule has 0 radical (unpaired) electrons. The van der Waals surface area contributed by atoms with Gasteiger partial charge >= 0.3 is 0 Å². The zero-order valence-corrected chi connectivity index (χ0v) is 11.6. The van der Waals surface area contributed by atoms with Crippen molar-refractivity contribution in [2.75, 3.05) is 0 Å².